The van der Waals surface area contributed by atoms with E-state index in [1.165, 1.54) is 6.07 Å². The van der Waals surface area contributed by atoms with Crippen LogP contribution in [-0.4, -0.2) is 18.4 Å². The lowest BCUT2D eigenvalue weighted by molar-refractivity contribution is -0.676. The van der Waals surface area contributed by atoms with E-state index in [9.17, 15) is 4.39 Å². The molecule has 1 aliphatic heterocycles. The van der Waals surface area contributed by atoms with Crippen molar-refractivity contribution in [3.63, 3.8) is 0 Å². The third kappa shape index (κ3) is 3.47. The molecule has 3 nitrogen and oxygen atoms in total. The highest BCUT2D eigenvalue weighted by Gasteiger charge is 2.23. The summed E-state index contributed by atoms with van der Waals surface area (Å²) in [5, 5.41) is 6.22. The fourth-order valence-corrected chi connectivity index (χ4v) is 2.44. The third-order valence-electron chi connectivity index (χ3n) is 3.59. The van der Waals surface area contributed by atoms with Crippen LogP contribution in [0.4, 0.5) is 4.39 Å². The van der Waals surface area contributed by atoms with E-state index in [1.807, 2.05) is 42.5 Å². The summed E-state index contributed by atoms with van der Waals surface area (Å²) in [6, 6.07) is 16.9. The highest BCUT2D eigenvalue weighted by Crippen LogP contribution is 2.15. The molecule has 108 valence electrons. The Morgan fingerprint density at radius 3 is 2.67 bits per heavy atom. The van der Waals surface area contributed by atoms with E-state index in [1.54, 1.807) is 6.07 Å². The zero-order valence-electron chi connectivity index (χ0n) is 11.7. The number of halogens is 1. The Balaban J connectivity index is 1.48. The zero-order chi connectivity index (χ0) is 14.5. The number of hydrogen-bond acceptors (Lipinski definition) is 2. The molecule has 0 unspecified atom stereocenters. The van der Waals surface area contributed by atoms with Crippen molar-refractivity contribution in [3.05, 3.63) is 71.5 Å². The summed E-state index contributed by atoms with van der Waals surface area (Å²) in [6.45, 7) is 1.39. The molecule has 1 heterocycles. The summed E-state index contributed by atoms with van der Waals surface area (Å²) in [5.41, 5.74) is 2.81. The molecule has 0 aromatic heterocycles. The fourth-order valence-electron chi connectivity index (χ4n) is 2.44. The summed E-state index contributed by atoms with van der Waals surface area (Å²) in [7, 11) is 0. The molecular formula is C17H18FN2O+. The Bertz CT molecular complexity index is 628. The van der Waals surface area contributed by atoms with Crippen LogP contribution in [0.5, 0.6) is 0 Å². The molecule has 0 bridgehead atoms. The Kier molecular flexibility index (Phi) is 4.26. The molecule has 1 atom stereocenters. The molecule has 3 rings (SSSR count). The van der Waals surface area contributed by atoms with Crippen molar-refractivity contribution in [2.45, 2.75) is 19.1 Å². The SMILES string of the molecule is Fc1ccccc1C[NH2+]C[C@H]1CC(c2ccccc2)=NO1. The third-order valence-corrected chi connectivity index (χ3v) is 3.59. The van der Waals surface area contributed by atoms with E-state index in [4.69, 9.17) is 4.84 Å². The van der Waals surface area contributed by atoms with Gasteiger partial charge < -0.3 is 10.2 Å². The standard InChI is InChI=1S/C17H17FN2O/c18-16-9-5-4-8-14(16)11-19-12-15-10-17(20-21-15)13-6-2-1-3-7-13/h1-9,15,19H,10-12H2/p+1/t15-/m1/s1. The summed E-state index contributed by atoms with van der Waals surface area (Å²) in [5.74, 6) is -0.151. The van der Waals surface area contributed by atoms with Gasteiger partial charge in [-0.15, -0.1) is 0 Å². The first-order valence-corrected chi connectivity index (χ1v) is 7.16. The van der Waals surface area contributed by atoms with Gasteiger partial charge in [-0.1, -0.05) is 53.7 Å². The zero-order valence-corrected chi connectivity index (χ0v) is 11.7. The predicted octanol–water partition coefficient (Wildman–Crippen LogP) is 2.08. The molecule has 0 spiro atoms. The van der Waals surface area contributed by atoms with Crippen LogP contribution in [0.15, 0.2) is 59.8 Å². The lowest BCUT2D eigenvalue weighted by Gasteiger charge is -2.07. The molecule has 0 saturated heterocycles. The Hall–Kier alpha value is -2.20. The summed E-state index contributed by atoms with van der Waals surface area (Å²) in [4.78, 5) is 5.45. The Labute approximate surface area is 123 Å². The molecule has 0 amide bonds. The summed E-state index contributed by atoms with van der Waals surface area (Å²) in [6.07, 6.45) is 0.865. The van der Waals surface area contributed by atoms with Gasteiger partial charge in [0, 0.05) is 12.0 Å². The van der Waals surface area contributed by atoms with E-state index < -0.39 is 0 Å². The number of benzene rings is 2. The maximum atomic E-state index is 13.5. The van der Waals surface area contributed by atoms with Crippen molar-refractivity contribution in [2.24, 2.45) is 5.16 Å². The van der Waals surface area contributed by atoms with Gasteiger partial charge in [0.15, 0.2) is 6.10 Å². The lowest BCUT2D eigenvalue weighted by atomic mass is 10.1. The van der Waals surface area contributed by atoms with Crippen LogP contribution in [0.1, 0.15) is 17.5 Å². The van der Waals surface area contributed by atoms with Crippen molar-refractivity contribution in [1.82, 2.24) is 0 Å². The van der Waals surface area contributed by atoms with Gasteiger partial charge in [0.05, 0.1) is 5.71 Å². The quantitative estimate of drug-likeness (QED) is 0.897. The Morgan fingerprint density at radius 2 is 1.86 bits per heavy atom. The van der Waals surface area contributed by atoms with E-state index in [0.29, 0.717) is 6.54 Å². The molecule has 21 heavy (non-hydrogen) atoms. The largest absolute Gasteiger partial charge is 0.386 e. The average molecular weight is 285 g/mol. The van der Waals surface area contributed by atoms with Crippen LogP contribution >= 0.6 is 0 Å². The summed E-state index contributed by atoms with van der Waals surface area (Å²) < 4.78 is 13.5. The van der Waals surface area contributed by atoms with Gasteiger partial charge in [-0.3, -0.25) is 0 Å². The normalized spacial score (nSPS) is 17.4. The van der Waals surface area contributed by atoms with Crippen LogP contribution in [-0.2, 0) is 11.4 Å². The number of rotatable bonds is 5. The number of quaternary nitrogens is 1. The number of hydrogen-bond donors (Lipinski definition) is 1. The molecular weight excluding hydrogens is 267 g/mol. The molecule has 0 saturated carbocycles. The second-order valence-corrected chi connectivity index (χ2v) is 5.16. The molecule has 0 aliphatic carbocycles. The van der Waals surface area contributed by atoms with Gasteiger partial charge in [0.25, 0.3) is 0 Å². The van der Waals surface area contributed by atoms with Crippen LogP contribution in [0, 0.1) is 5.82 Å². The van der Waals surface area contributed by atoms with Crippen molar-refractivity contribution in [3.8, 4) is 0 Å². The minimum absolute atomic E-state index is 0.0620. The second-order valence-electron chi connectivity index (χ2n) is 5.16. The predicted molar refractivity (Wildman–Crippen MR) is 79.4 cm³/mol. The molecule has 0 fully saturated rings. The number of nitrogens with zero attached hydrogens (tertiary/aromatic N) is 1. The van der Waals surface area contributed by atoms with Crippen molar-refractivity contribution in [2.75, 3.05) is 6.54 Å². The van der Waals surface area contributed by atoms with Gasteiger partial charge in [-0.2, -0.15) is 0 Å². The van der Waals surface area contributed by atoms with Crippen LogP contribution in [0.2, 0.25) is 0 Å². The topological polar surface area (TPSA) is 38.2 Å². The van der Waals surface area contributed by atoms with Gasteiger partial charge in [0.1, 0.15) is 18.9 Å². The minimum Gasteiger partial charge on any atom is -0.386 e. The van der Waals surface area contributed by atoms with E-state index >= 15 is 0 Å². The summed E-state index contributed by atoms with van der Waals surface area (Å²) >= 11 is 0. The molecule has 1 aliphatic rings. The van der Waals surface area contributed by atoms with Gasteiger partial charge in [0.2, 0.25) is 0 Å². The molecule has 2 N–H and O–H groups in total. The maximum Gasteiger partial charge on any atom is 0.181 e. The second kappa shape index (κ2) is 6.50. The average Bonchev–Trinajstić information content (AvgIpc) is 2.99. The van der Waals surface area contributed by atoms with Crippen LogP contribution < -0.4 is 5.32 Å². The van der Waals surface area contributed by atoms with E-state index in [0.717, 1.165) is 29.8 Å². The fraction of sp³-hybridized carbons (Fsp3) is 0.235. The first kappa shape index (κ1) is 13.8. The number of oxime groups is 1. The van der Waals surface area contributed by atoms with Crippen molar-refractivity contribution < 1.29 is 14.5 Å². The monoisotopic (exact) mass is 285 g/mol. The van der Waals surface area contributed by atoms with Crippen LogP contribution in [0.25, 0.3) is 0 Å². The van der Waals surface area contributed by atoms with E-state index in [-0.39, 0.29) is 11.9 Å². The lowest BCUT2D eigenvalue weighted by Crippen LogP contribution is -2.84. The van der Waals surface area contributed by atoms with Crippen molar-refractivity contribution in [1.29, 1.82) is 0 Å². The minimum atomic E-state index is -0.151. The van der Waals surface area contributed by atoms with Gasteiger partial charge >= 0.3 is 0 Å². The molecule has 2 aromatic carbocycles. The highest BCUT2D eigenvalue weighted by atomic mass is 19.1. The van der Waals surface area contributed by atoms with E-state index in [2.05, 4.69) is 10.5 Å². The van der Waals surface area contributed by atoms with Crippen molar-refractivity contribution >= 4 is 5.71 Å². The number of nitrogens with two attached hydrogens (primary N) is 1. The molecule has 2 aromatic rings. The van der Waals surface area contributed by atoms with Crippen LogP contribution in [0.3, 0.4) is 0 Å². The Morgan fingerprint density at radius 1 is 1.10 bits per heavy atom. The molecule has 4 heteroatoms. The molecule has 0 radical (unpaired) electrons. The van der Waals surface area contributed by atoms with Gasteiger partial charge in [-0.05, 0) is 11.6 Å². The first-order valence-electron chi connectivity index (χ1n) is 7.16. The van der Waals surface area contributed by atoms with Gasteiger partial charge in [-0.25, -0.2) is 4.39 Å². The smallest absolute Gasteiger partial charge is 0.181 e. The maximum absolute atomic E-state index is 13.5. The highest BCUT2D eigenvalue weighted by molar-refractivity contribution is 6.01. The first-order chi connectivity index (χ1) is 10.3.